The molecule has 3 rings (SSSR count). The highest BCUT2D eigenvalue weighted by molar-refractivity contribution is 5.95. The van der Waals surface area contributed by atoms with Crippen LogP contribution in [0, 0.1) is 0 Å². The maximum atomic E-state index is 12.1. The molecule has 2 aromatic rings. The van der Waals surface area contributed by atoms with Gasteiger partial charge in [-0.2, -0.15) is 8.78 Å². The lowest BCUT2D eigenvalue weighted by atomic mass is 10.2. The van der Waals surface area contributed by atoms with E-state index in [4.69, 9.17) is 0 Å². The third-order valence-corrected chi connectivity index (χ3v) is 3.48. The van der Waals surface area contributed by atoms with Crippen LogP contribution in [-0.2, 0) is 4.74 Å². The standard InChI is InChI=1S/C12H13F2N5O2/c13-12(14)21-9-2-1-8(6-9)15-11(20)7-3-4-19-10(5-7)16-17-18-19/h3-5,8-9,12H,1-2,6H2,(H,15,20). The van der Waals surface area contributed by atoms with Crippen LogP contribution in [0.2, 0.25) is 0 Å². The highest BCUT2D eigenvalue weighted by atomic mass is 19.3. The summed E-state index contributed by atoms with van der Waals surface area (Å²) in [6, 6.07) is 3.01. The van der Waals surface area contributed by atoms with E-state index in [1.54, 1.807) is 18.3 Å². The molecule has 2 unspecified atom stereocenters. The van der Waals surface area contributed by atoms with Crippen molar-refractivity contribution in [2.45, 2.75) is 38.0 Å². The zero-order chi connectivity index (χ0) is 14.8. The molecule has 0 radical (unpaired) electrons. The number of ether oxygens (including phenoxy) is 1. The predicted octanol–water partition coefficient (Wildman–Crippen LogP) is 1.01. The lowest BCUT2D eigenvalue weighted by Crippen LogP contribution is -2.33. The molecule has 0 saturated heterocycles. The number of rotatable bonds is 4. The smallest absolute Gasteiger partial charge is 0.345 e. The minimum atomic E-state index is -2.77. The van der Waals surface area contributed by atoms with E-state index < -0.39 is 12.7 Å². The summed E-state index contributed by atoms with van der Waals surface area (Å²) in [5.41, 5.74) is 0.892. The monoisotopic (exact) mass is 297 g/mol. The summed E-state index contributed by atoms with van der Waals surface area (Å²) in [6.45, 7) is -2.77. The molecule has 21 heavy (non-hydrogen) atoms. The molecule has 0 aromatic carbocycles. The average molecular weight is 297 g/mol. The molecule has 0 aliphatic heterocycles. The third-order valence-electron chi connectivity index (χ3n) is 3.48. The number of aromatic nitrogens is 4. The van der Waals surface area contributed by atoms with Crippen molar-refractivity contribution in [3.8, 4) is 0 Å². The Kier molecular flexibility index (Phi) is 3.74. The number of halogens is 2. The Morgan fingerprint density at radius 3 is 3.14 bits per heavy atom. The van der Waals surface area contributed by atoms with Crippen LogP contribution in [0.15, 0.2) is 18.3 Å². The molecule has 1 fully saturated rings. The van der Waals surface area contributed by atoms with Gasteiger partial charge in [0.05, 0.1) is 6.10 Å². The Bertz CT molecular complexity index is 647. The first-order valence-corrected chi connectivity index (χ1v) is 6.54. The van der Waals surface area contributed by atoms with Crippen LogP contribution in [0.4, 0.5) is 8.78 Å². The van der Waals surface area contributed by atoms with Gasteiger partial charge < -0.3 is 10.1 Å². The number of carbonyl (C=O) groups excluding carboxylic acids is 1. The lowest BCUT2D eigenvalue weighted by Gasteiger charge is -2.13. The second-order valence-corrected chi connectivity index (χ2v) is 4.90. The minimum absolute atomic E-state index is 0.159. The molecule has 1 N–H and O–H groups in total. The van der Waals surface area contributed by atoms with Crippen LogP contribution in [0.25, 0.3) is 5.65 Å². The molecule has 7 nitrogen and oxygen atoms in total. The van der Waals surface area contributed by atoms with Gasteiger partial charge >= 0.3 is 6.61 Å². The molecular formula is C12H13F2N5O2. The van der Waals surface area contributed by atoms with Gasteiger partial charge in [-0.15, -0.1) is 5.10 Å². The van der Waals surface area contributed by atoms with Gasteiger partial charge in [0, 0.05) is 17.8 Å². The topological polar surface area (TPSA) is 81.4 Å². The largest absolute Gasteiger partial charge is 0.349 e. The normalized spacial score (nSPS) is 22.0. The SMILES string of the molecule is O=C(NC1CCC(OC(F)F)C1)c1ccn2nnnc2c1. The summed E-state index contributed by atoms with van der Waals surface area (Å²) in [5, 5.41) is 13.8. The van der Waals surface area contributed by atoms with Crippen LogP contribution in [0.5, 0.6) is 0 Å². The highest BCUT2D eigenvalue weighted by Gasteiger charge is 2.28. The molecule has 112 valence electrons. The average Bonchev–Trinajstić information content (AvgIpc) is 3.06. The summed E-state index contributed by atoms with van der Waals surface area (Å²) in [5.74, 6) is -0.275. The second kappa shape index (κ2) is 5.68. The first-order valence-electron chi connectivity index (χ1n) is 6.54. The summed E-state index contributed by atoms with van der Waals surface area (Å²) >= 11 is 0. The van der Waals surface area contributed by atoms with Crippen LogP contribution in [0.1, 0.15) is 29.6 Å². The Morgan fingerprint density at radius 1 is 1.48 bits per heavy atom. The number of hydrogen-bond acceptors (Lipinski definition) is 5. The van der Waals surface area contributed by atoms with Crippen LogP contribution in [-0.4, -0.2) is 44.7 Å². The van der Waals surface area contributed by atoms with E-state index in [0.717, 1.165) is 0 Å². The van der Waals surface area contributed by atoms with Gasteiger partial charge in [0.15, 0.2) is 5.65 Å². The number of alkyl halides is 2. The van der Waals surface area contributed by atoms with E-state index >= 15 is 0 Å². The molecule has 2 atom stereocenters. The number of tetrazole rings is 1. The Balaban J connectivity index is 1.61. The van der Waals surface area contributed by atoms with Crippen molar-refractivity contribution in [3.63, 3.8) is 0 Å². The Labute approximate surface area is 118 Å². The van der Waals surface area contributed by atoms with Crippen molar-refractivity contribution in [1.29, 1.82) is 0 Å². The number of amides is 1. The predicted molar refractivity (Wildman–Crippen MR) is 66.8 cm³/mol. The first-order chi connectivity index (χ1) is 10.1. The number of nitrogens with one attached hydrogen (secondary N) is 1. The zero-order valence-electron chi connectivity index (χ0n) is 10.9. The molecule has 9 heteroatoms. The zero-order valence-corrected chi connectivity index (χ0v) is 10.9. The van der Waals surface area contributed by atoms with Crippen molar-refractivity contribution in [2.75, 3.05) is 0 Å². The van der Waals surface area contributed by atoms with Gasteiger partial charge in [0.25, 0.3) is 5.91 Å². The number of nitrogens with zero attached hydrogens (tertiary/aromatic N) is 4. The van der Waals surface area contributed by atoms with Crippen molar-refractivity contribution in [3.05, 3.63) is 23.9 Å². The van der Waals surface area contributed by atoms with E-state index in [0.29, 0.717) is 30.5 Å². The van der Waals surface area contributed by atoms with Gasteiger partial charge in [-0.05, 0) is 41.8 Å². The first kappa shape index (κ1) is 13.8. The second-order valence-electron chi connectivity index (χ2n) is 4.90. The quantitative estimate of drug-likeness (QED) is 0.911. The summed E-state index contributed by atoms with van der Waals surface area (Å²) in [6.07, 6.45) is 2.62. The van der Waals surface area contributed by atoms with Gasteiger partial charge in [-0.1, -0.05) is 0 Å². The summed E-state index contributed by atoms with van der Waals surface area (Å²) in [7, 11) is 0. The fourth-order valence-electron chi connectivity index (χ4n) is 2.49. The Morgan fingerprint density at radius 2 is 2.33 bits per heavy atom. The van der Waals surface area contributed by atoms with Crippen LogP contribution < -0.4 is 5.32 Å². The van der Waals surface area contributed by atoms with Crippen molar-refractivity contribution in [1.82, 2.24) is 25.4 Å². The van der Waals surface area contributed by atoms with E-state index in [2.05, 4.69) is 25.6 Å². The number of fused-ring (bicyclic) bond motifs is 1. The van der Waals surface area contributed by atoms with E-state index in [-0.39, 0.29) is 11.9 Å². The number of hydrogen-bond donors (Lipinski definition) is 1. The molecule has 2 heterocycles. The maximum absolute atomic E-state index is 12.1. The maximum Gasteiger partial charge on any atom is 0.345 e. The fourth-order valence-corrected chi connectivity index (χ4v) is 2.49. The molecule has 1 saturated carbocycles. The molecule has 2 aromatic heterocycles. The van der Waals surface area contributed by atoms with Gasteiger partial charge in [0.1, 0.15) is 0 Å². The van der Waals surface area contributed by atoms with Gasteiger partial charge in [0.2, 0.25) is 0 Å². The molecule has 1 aliphatic carbocycles. The fraction of sp³-hybridized carbons (Fsp3) is 0.500. The number of pyridine rings is 1. The Hall–Kier alpha value is -2.16. The van der Waals surface area contributed by atoms with E-state index in [1.807, 2.05) is 0 Å². The van der Waals surface area contributed by atoms with Crippen LogP contribution >= 0.6 is 0 Å². The van der Waals surface area contributed by atoms with Crippen LogP contribution in [0.3, 0.4) is 0 Å². The van der Waals surface area contributed by atoms with Gasteiger partial charge in [-0.3, -0.25) is 4.79 Å². The van der Waals surface area contributed by atoms with Crippen molar-refractivity contribution in [2.24, 2.45) is 0 Å². The third kappa shape index (κ3) is 3.13. The lowest BCUT2D eigenvalue weighted by molar-refractivity contribution is -0.160. The van der Waals surface area contributed by atoms with Crippen molar-refractivity contribution >= 4 is 11.6 Å². The molecule has 1 amide bonds. The minimum Gasteiger partial charge on any atom is -0.349 e. The number of carbonyl (C=O) groups is 1. The summed E-state index contributed by atoms with van der Waals surface area (Å²) in [4.78, 5) is 12.1. The highest BCUT2D eigenvalue weighted by Crippen LogP contribution is 2.24. The van der Waals surface area contributed by atoms with E-state index in [1.165, 1.54) is 4.52 Å². The van der Waals surface area contributed by atoms with E-state index in [9.17, 15) is 13.6 Å². The van der Waals surface area contributed by atoms with Gasteiger partial charge in [-0.25, -0.2) is 4.52 Å². The van der Waals surface area contributed by atoms with Crippen molar-refractivity contribution < 1.29 is 18.3 Å². The molecule has 0 spiro atoms. The molecule has 1 aliphatic rings. The molecular weight excluding hydrogens is 284 g/mol. The molecule has 0 bridgehead atoms. The summed E-state index contributed by atoms with van der Waals surface area (Å²) < 4.78 is 30.2.